The molecular weight excluding hydrogens is 436 g/mol. The van der Waals surface area contributed by atoms with E-state index >= 15 is 0 Å². The standard InChI is InChI=1S/C31H36O4/c1-22-30(26-16-25(26)20-33-18-23-10-5-3-6-11-23)17-28(31(22)27(32)14-9-15-29(30,31)2)35-21-34-19-24-12-7-4-8-13-24/h3-8,10-13,25-26,28H,1,9,14-21H2,2H3/t25-,26+,28-,29-,30+,31-/m0/s1. The van der Waals surface area contributed by atoms with Crippen LogP contribution in [0.15, 0.2) is 72.8 Å². The molecule has 0 radical (unpaired) electrons. The van der Waals surface area contributed by atoms with E-state index in [0.29, 0.717) is 37.3 Å². The van der Waals surface area contributed by atoms with Crippen molar-refractivity contribution < 1.29 is 19.0 Å². The molecule has 2 aromatic carbocycles. The molecule has 4 heteroatoms. The van der Waals surface area contributed by atoms with E-state index in [0.717, 1.165) is 43.4 Å². The van der Waals surface area contributed by atoms with Crippen LogP contribution in [0.25, 0.3) is 0 Å². The molecule has 7 rings (SSSR count). The number of hydrogen-bond acceptors (Lipinski definition) is 4. The Balaban J connectivity index is 1.13. The number of ether oxygens (including phenoxy) is 3. The van der Waals surface area contributed by atoms with Gasteiger partial charge in [0, 0.05) is 11.8 Å². The van der Waals surface area contributed by atoms with Crippen LogP contribution in [0.1, 0.15) is 50.2 Å². The SMILES string of the molecule is C=C1[C@@]23C(=O)CCC[C@@]2(C)[C@]1([C@@H]1C[C@H]1COCc1ccccc1)C[C@@H]3OCOCc1ccccc1. The largest absolute Gasteiger partial charge is 0.376 e. The molecular formula is C31H36O4. The van der Waals surface area contributed by atoms with Crippen LogP contribution in [-0.4, -0.2) is 25.3 Å². The molecule has 6 atom stereocenters. The van der Waals surface area contributed by atoms with Gasteiger partial charge in [-0.3, -0.25) is 4.79 Å². The first kappa shape index (κ1) is 23.1. The number of fused-ring (bicyclic) bond motifs is 1. The lowest BCUT2D eigenvalue weighted by molar-refractivity contribution is -0.182. The normalized spacial score (nSPS) is 37.1. The minimum absolute atomic E-state index is 0.00600. The number of carbonyl (C=O) groups excluding carboxylic acids is 1. The van der Waals surface area contributed by atoms with Crippen molar-refractivity contribution in [3.05, 3.63) is 83.9 Å². The van der Waals surface area contributed by atoms with Crippen molar-refractivity contribution in [2.45, 2.75) is 58.3 Å². The Labute approximate surface area is 208 Å². The Morgan fingerprint density at radius 3 is 2.31 bits per heavy atom. The van der Waals surface area contributed by atoms with E-state index in [1.54, 1.807) is 0 Å². The van der Waals surface area contributed by atoms with E-state index in [1.807, 2.05) is 24.3 Å². The van der Waals surface area contributed by atoms with Crippen molar-refractivity contribution in [3.8, 4) is 0 Å². The Kier molecular flexibility index (Phi) is 5.75. The first-order chi connectivity index (χ1) is 17.0. The maximum Gasteiger partial charge on any atom is 0.147 e. The molecule has 5 saturated carbocycles. The predicted molar refractivity (Wildman–Crippen MR) is 134 cm³/mol. The van der Waals surface area contributed by atoms with Crippen molar-refractivity contribution in [2.24, 2.45) is 28.1 Å². The highest BCUT2D eigenvalue weighted by Crippen LogP contribution is 2.88. The molecule has 5 fully saturated rings. The zero-order valence-corrected chi connectivity index (χ0v) is 20.7. The van der Waals surface area contributed by atoms with Crippen molar-refractivity contribution in [1.29, 1.82) is 0 Å². The van der Waals surface area contributed by atoms with Gasteiger partial charge in [-0.1, -0.05) is 79.7 Å². The van der Waals surface area contributed by atoms with Crippen LogP contribution >= 0.6 is 0 Å². The second kappa shape index (κ2) is 8.69. The summed E-state index contributed by atoms with van der Waals surface area (Å²) >= 11 is 0. The summed E-state index contributed by atoms with van der Waals surface area (Å²) in [6, 6.07) is 20.5. The lowest BCUT2D eigenvalue weighted by Crippen LogP contribution is -2.67. The molecule has 0 unspecified atom stereocenters. The van der Waals surface area contributed by atoms with Gasteiger partial charge in [-0.05, 0) is 54.1 Å². The molecule has 0 aromatic heterocycles. The quantitative estimate of drug-likeness (QED) is 0.238. The summed E-state index contributed by atoms with van der Waals surface area (Å²) in [4.78, 5) is 13.5. The molecule has 0 N–H and O–H groups in total. The van der Waals surface area contributed by atoms with E-state index in [-0.39, 0.29) is 23.7 Å². The monoisotopic (exact) mass is 472 g/mol. The van der Waals surface area contributed by atoms with Crippen LogP contribution in [0, 0.1) is 28.1 Å². The number of benzene rings is 2. The fraction of sp³-hybridized carbons (Fsp3) is 0.516. The topological polar surface area (TPSA) is 44.8 Å². The summed E-state index contributed by atoms with van der Waals surface area (Å²) in [5.74, 6) is 1.42. The summed E-state index contributed by atoms with van der Waals surface area (Å²) in [5.41, 5.74) is 2.90. The van der Waals surface area contributed by atoms with Crippen LogP contribution in [-0.2, 0) is 32.2 Å². The van der Waals surface area contributed by atoms with E-state index in [1.165, 1.54) is 5.56 Å². The van der Waals surface area contributed by atoms with Gasteiger partial charge in [-0.15, -0.1) is 0 Å². The van der Waals surface area contributed by atoms with Crippen LogP contribution < -0.4 is 0 Å². The van der Waals surface area contributed by atoms with Gasteiger partial charge in [0.2, 0.25) is 0 Å². The number of Topliss-reactive ketones (excluding diaryl/α,β-unsaturated/α-hetero) is 1. The molecule has 0 saturated heterocycles. The maximum atomic E-state index is 13.5. The third kappa shape index (κ3) is 3.26. The Morgan fingerprint density at radius 1 is 0.971 bits per heavy atom. The zero-order chi connectivity index (χ0) is 24.1. The van der Waals surface area contributed by atoms with Crippen LogP contribution in [0.3, 0.4) is 0 Å². The molecule has 5 aliphatic carbocycles. The van der Waals surface area contributed by atoms with E-state index < -0.39 is 5.41 Å². The molecule has 1 spiro atoms. The summed E-state index contributed by atoms with van der Waals surface area (Å²) in [5, 5.41) is 0. The van der Waals surface area contributed by atoms with Gasteiger partial charge >= 0.3 is 0 Å². The summed E-state index contributed by atoms with van der Waals surface area (Å²) in [7, 11) is 0. The second-order valence-electron chi connectivity index (χ2n) is 11.3. The minimum atomic E-state index is -0.528. The van der Waals surface area contributed by atoms with Gasteiger partial charge < -0.3 is 14.2 Å². The number of rotatable bonds is 10. The minimum Gasteiger partial charge on any atom is -0.376 e. The molecule has 5 aliphatic rings. The van der Waals surface area contributed by atoms with Crippen molar-refractivity contribution in [2.75, 3.05) is 13.4 Å². The van der Waals surface area contributed by atoms with Crippen molar-refractivity contribution in [3.63, 3.8) is 0 Å². The van der Waals surface area contributed by atoms with E-state index in [4.69, 9.17) is 14.2 Å². The molecule has 184 valence electrons. The van der Waals surface area contributed by atoms with Crippen LogP contribution in [0.5, 0.6) is 0 Å². The van der Waals surface area contributed by atoms with Crippen molar-refractivity contribution in [1.82, 2.24) is 0 Å². The molecule has 2 bridgehead atoms. The molecule has 0 amide bonds. The first-order valence-corrected chi connectivity index (χ1v) is 13.1. The summed E-state index contributed by atoms with van der Waals surface area (Å²) in [6.45, 7) is 9.11. The van der Waals surface area contributed by atoms with Gasteiger partial charge in [-0.25, -0.2) is 0 Å². The number of carbonyl (C=O) groups is 1. The van der Waals surface area contributed by atoms with Crippen molar-refractivity contribution >= 4 is 5.78 Å². The average Bonchev–Trinajstić information content (AvgIpc) is 3.53. The second-order valence-corrected chi connectivity index (χ2v) is 11.3. The van der Waals surface area contributed by atoms with Crippen LogP contribution in [0.2, 0.25) is 0 Å². The summed E-state index contributed by atoms with van der Waals surface area (Å²) < 4.78 is 18.4. The third-order valence-corrected chi connectivity index (χ3v) is 9.84. The molecule has 2 aromatic rings. The molecule has 35 heavy (non-hydrogen) atoms. The van der Waals surface area contributed by atoms with Gasteiger partial charge in [0.15, 0.2) is 0 Å². The van der Waals surface area contributed by atoms with Gasteiger partial charge in [0.25, 0.3) is 0 Å². The van der Waals surface area contributed by atoms with Gasteiger partial charge in [-0.2, -0.15) is 0 Å². The molecule has 4 nitrogen and oxygen atoms in total. The zero-order valence-electron chi connectivity index (χ0n) is 20.7. The number of ketones is 1. The maximum absolute atomic E-state index is 13.5. The fourth-order valence-electron chi connectivity index (χ4n) is 8.30. The molecule has 0 aliphatic heterocycles. The highest BCUT2D eigenvalue weighted by atomic mass is 16.7. The fourth-order valence-corrected chi connectivity index (χ4v) is 8.30. The smallest absolute Gasteiger partial charge is 0.147 e. The molecule has 0 heterocycles. The average molecular weight is 473 g/mol. The van der Waals surface area contributed by atoms with E-state index in [2.05, 4.69) is 49.9 Å². The summed E-state index contributed by atoms with van der Waals surface area (Å²) in [6.07, 6.45) is 4.62. The Morgan fingerprint density at radius 2 is 1.63 bits per heavy atom. The third-order valence-electron chi connectivity index (χ3n) is 9.84. The highest BCUT2D eigenvalue weighted by molar-refractivity contribution is 5.95. The Hall–Kier alpha value is -2.27. The highest BCUT2D eigenvalue weighted by Gasteiger charge is 2.88. The lowest BCUT2D eigenvalue weighted by Gasteiger charge is -2.68. The van der Waals surface area contributed by atoms with Gasteiger partial charge in [0.1, 0.15) is 12.6 Å². The van der Waals surface area contributed by atoms with Gasteiger partial charge in [0.05, 0.1) is 31.3 Å². The predicted octanol–water partition coefficient (Wildman–Crippen LogP) is 6.10. The Bertz CT molecular complexity index is 1100. The lowest BCUT2D eigenvalue weighted by atomic mass is 9.34. The first-order valence-electron chi connectivity index (χ1n) is 13.1. The van der Waals surface area contributed by atoms with Crippen LogP contribution in [0.4, 0.5) is 0 Å². The van der Waals surface area contributed by atoms with E-state index in [9.17, 15) is 4.79 Å². The number of hydrogen-bond donors (Lipinski definition) is 0.